The molecule has 0 heterocycles. The van der Waals surface area contributed by atoms with Gasteiger partial charge < -0.3 is 0 Å². The third-order valence-electron chi connectivity index (χ3n) is 4.58. The molecule has 1 fully saturated rings. The largest absolute Gasteiger partial charge is 0.267 e. The highest BCUT2D eigenvalue weighted by atomic mass is 32.2. The van der Waals surface area contributed by atoms with E-state index in [4.69, 9.17) is 4.18 Å². The van der Waals surface area contributed by atoms with Gasteiger partial charge in [0, 0.05) is 0 Å². The van der Waals surface area contributed by atoms with Crippen molar-refractivity contribution in [1.82, 2.24) is 0 Å². The number of hydrogen-bond donors (Lipinski definition) is 0. The van der Waals surface area contributed by atoms with Gasteiger partial charge in [-0.25, -0.2) is 0 Å². The van der Waals surface area contributed by atoms with Crippen LogP contribution < -0.4 is 0 Å². The second kappa shape index (κ2) is 12.3. The van der Waals surface area contributed by atoms with Crippen molar-refractivity contribution in [2.75, 3.05) is 5.75 Å². The van der Waals surface area contributed by atoms with Crippen LogP contribution in [0.5, 0.6) is 0 Å². The van der Waals surface area contributed by atoms with E-state index in [9.17, 15) is 8.42 Å². The molecule has 1 saturated carbocycles. The molecule has 0 radical (unpaired) electrons. The lowest BCUT2D eigenvalue weighted by Gasteiger charge is -2.21. The Kier molecular flexibility index (Phi) is 11.2. The molecule has 3 nitrogen and oxygen atoms in total. The molecule has 0 saturated heterocycles. The molecule has 0 aromatic rings. The second-order valence-corrected chi connectivity index (χ2v) is 8.52. The Balaban J connectivity index is 1.94. The monoisotopic (exact) mass is 332 g/mol. The first-order valence-corrected chi connectivity index (χ1v) is 11.1. The number of unbranched alkanes of at least 4 members (excludes halogenated alkanes) is 9. The molecule has 0 aliphatic heterocycles. The summed E-state index contributed by atoms with van der Waals surface area (Å²) in [5.41, 5.74) is 0. The molecule has 0 spiro atoms. The van der Waals surface area contributed by atoms with Gasteiger partial charge in [0.15, 0.2) is 0 Å². The van der Waals surface area contributed by atoms with Crippen molar-refractivity contribution < 1.29 is 12.6 Å². The SMILES string of the molecule is CCCCCCCCCCCCS(=O)(=O)OC1CCCCC1. The second-order valence-electron chi connectivity index (χ2n) is 6.80. The van der Waals surface area contributed by atoms with Crippen LogP contribution in [0.1, 0.15) is 103 Å². The zero-order valence-corrected chi connectivity index (χ0v) is 15.3. The first-order chi connectivity index (χ1) is 10.6. The molecule has 22 heavy (non-hydrogen) atoms. The van der Waals surface area contributed by atoms with E-state index in [0.29, 0.717) is 0 Å². The quantitative estimate of drug-likeness (QED) is 0.326. The maximum atomic E-state index is 11.9. The van der Waals surface area contributed by atoms with Crippen LogP contribution >= 0.6 is 0 Å². The first-order valence-electron chi connectivity index (χ1n) is 9.55. The Morgan fingerprint density at radius 3 is 1.82 bits per heavy atom. The molecule has 1 rings (SSSR count). The van der Waals surface area contributed by atoms with Crippen molar-refractivity contribution in [3.63, 3.8) is 0 Å². The predicted octanol–water partition coefficient (Wildman–Crippen LogP) is 5.59. The van der Waals surface area contributed by atoms with Crippen molar-refractivity contribution in [3.8, 4) is 0 Å². The third-order valence-corrected chi connectivity index (χ3v) is 5.94. The lowest BCUT2D eigenvalue weighted by atomic mass is 9.98. The van der Waals surface area contributed by atoms with Crippen molar-refractivity contribution in [2.24, 2.45) is 0 Å². The van der Waals surface area contributed by atoms with E-state index < -0.39 is 10.1 Å². The first kappa shape index (κ1) is 20.0. The molecule has 4 heteroatoms. The normalized spacial score (nSPS) is 17.0. The van der Waals surface area contributed by atoms with Crippen LogP contribution in [0.15, 0.2) is 0 Å². The van der Waals surface area contributed by atoms with Crippen LogP contribution in [-0.2, 0) is 14.3 Å². The van der Waals surface area contributed by atoms with Gasteiger partial charge in [0.05, 0.1) is 11.9 Å². The zero-order chi connectivity index (χ0) is 16.1. The summed E-state index contributed by atoms with van der Waals surface area (Å²) >= 11 is 0. The molecule has 0 aromatic heterocycles. The lowest BCUT2D eigenvalue weighted by molar-refractivity contribution is 0.162. The van der Waals surface area contributed by atoms with Crippen LogP contribution in [0.3, 0.4) is 0 Å². The molecular formula is C18H36O3S. The fraction of sp³-hybridized carbons (Fsp3) is 1.00. The predicted molar refractivity (Wildman–Crippen MR) is 93.6 cm³/mol. The summed E-state index contributed by atoms with van der Waals surface area (Å²) in [6.45, 7) is 2.24. The highest BCUT2D eigenvalue weighted by Gasteiger charge is 2.21. The molecule has 0 amide bonds. The van der Waals surface area contributed by atoms with Crippen molar-refractivity contribution >= 4 is 10.1 Å². The third kappa shape index (κ3) is 10.6. The highest BCUT2D eigenvalue weighted by molar-refractivity contribution is 7.86. The lowest BCUT2D eigenvalue weighted by Crippen LogP contribution is -2.22. The average Bonchev–Trinajstić information content (AvgIpc) is 2.49. The smallest absolute Gasteiger partial charge is 0.267 e. The molecule has 0 atom stereocenters. The fourth-order valence-electron chi connectivity index (χ4n) is 3.18. The van der Waals surface area contributed by atoms with E-state index in [1.165, 1.54) is 51.4 Å². The van der Waals surface area contributed by atoms with Crippen molar-refractivity contribution in [2.45, 2.75) is 109 Å². The molecule has 0 aromatic carbocycles. The highest BCUT2D eigenvalue weighted by Crippen LogP contribution is 2.22. The van der Waals surface area contributed by atoms with Gasteiger partial charge in [-0.3, -0.25) is 4.18 Å². The van der Waals surface area contributed by atoms with E-state index in [1.54, 1.807) is 0 Å². The summed E-state index contributed by atoms with van der Waals surface area (Å²) in [6.07, 6.45) is 17.4. The van der Waals surface area contributed by atoms with Gasteiger partial charge in [0.25, 0.3) is 10.1 Å². The standard InChI is InChI=1S/C18H36O3S/c1-2-3-4-5-6-7-8-9-10-14-17-22(19,20)21-18-15-12-11-13-16-18/h18H,2-17H2,1H3. The van der Waals surface area contributed by atoms with E-state index >= 15 is 0 Å². The minimum atomic E-state index is -3.29. The Morgan fingerprint density at radius 1 is 0.773 bits per heavy atom. The van der Waals surface area contributed by atoms with Gasteiger partial charge in [-0.05, 0) is 19.3 Å². The molecule has 0 bridgehead atoms. The maximum absolute atomic E-state index is 11.9. The van der Waals surface area contributed by atoms with Crippen molar-refractivity contribution in [1.29, 1.82) is 0 Å². The number of rotatable bonds is 13. The van der Waals surface area contributed by atoms with Crippen LogP contribution in [0.25, 0.3) is 0 Å². The van der Waals surface area contributed by atoms with Gasteiger partial charge in [-0.15, -0.1) is 0 Å². The van der Waals surface area contributed by atoms with E-state index in [0.717, 1.165) is 44.9 Å². The molecule has 1 aliphatic carbocycles. The van der Waals surface area contributed by atoms with Gasteiger partial charge >= 0.3 is 0 Å². The van der Waals surface area contributed by atoms with Crippen LogP contribution in [0.2, 0.25) is 0 Å². The van der Waals surface area contributed by atoms with Gasteiger partial charge in [0.2, 0.25) is 0 Å². The van der Waals surface area contributed by atoms with Gasteiger partial charge in [0.1, 0.15) is 0 Å². The van der Waals surface area contributed by atoms with Crippen molar-refractivity contribution in [3.05, 3.63) is 0 Å². The maximum Gasteiger partial charge on any atom is 0.267 e. The minimum Gasteiger partial charge on any atom is -0.267 e. The fourth-order valence-corrected chi connectivity index (χ4v) is 4.44. The summed E-state index contributed by atoms with van der Waals surface area (Å²) in [5.74, 6) is 0.208. The topological polar surface area (TPSA) is 43.4 Å². The Labute approximate surface area is 138 Å². The van der Waals surface area contributed by atoms with Crippen LogP contribution in [-0.4, -0.2) is 20.3 Å². The van der Waals surface area contributed by atoms with E-state index in [-0.39, 0.29) is 11.9 Å². The van der Waals surface area contributed by atoms with Crippen LogP contribution in [0.4, 0.5) is 0 Å². The Bertz CT molecular complexity index is 345. The molecule has 132 valence electrons. The summed E-state index contributed by atoms with van der Waals surface area (Å²) in [4.78, 5) is 0. The number of hydrogen-bond acceptors (Lipinski definition) is 3. The van der Waals surface area contributed by atoms with E-state index in [1.807, 2.05) is 0 Å². The van der Waals surface area contributed by atoms with Gasteiger partial charge in [-0.1, -0.05) is 84.0 Å². The summed E-state index contributed by atoms with van der Waals surface area (Å²) < 4.78 is 29.2. The summed E-state index contributed by atoms with van der Waals surface area (Å²) in [6, 6.07) is 0. The molecule has 0 unspecified atom stereocenters. The van der Waals surface area contributed by atoms with E-state index in [2.05, 4.69) is 6.92 Å². The minimum absolute atomic E-state index is 0.0399. The Morgan fingerprint density at radius 2 is 1.27 bits per heavy atom. The summed E-state index contributed by atoms with van der Waals surface area (Å²) in [5, 5.41) is 0. The summed E-state index contributed by atoms with van der Waals surface area (Å²) in [7, 11) is -3.29. The van der Waals surface area contributed by atoms with Crippen LogP contribution in [0, 0.1) is 0 Å². The molecule has 0 N–H and O–H groups in total. The Hall–Kier alpha value is -0.0900. The molecule has 1 aliphatic rings. The van der Waals surface area contributed by atoms with Gasteiger partial charge in [-0.2, -0.15) is 8.42 Å². The zero-order valence-electron chi connectivity index (χ0n) is 14.5. The average molecular weight is 333 g/mol. The molecular weight excluding hydrogens is 296 g/mol.